The average molecular weight is 512 g/mol. The maximum Gasteiger partial charge on any atom is 0.405 e. The molecule has 4 rings (SSSR count). The topological polar surface area (TPSA) is 212 Å². The normalized spacial score (nSPS) is 30.3. The van der Waals surface area contributed by atoms with Crippen LogP contribution in [-0.2, 0) is 24.0 Å². The van der Waals surface area contributed by atoms with Crippen LogP contribution in [0, 0.1) is 0 Å². The minimum absolute atomic E-state index is 0.0463. The lowest BCUT2D eigenvalue weighted by Crippen LogP contribution is -2.77. The number of fused-ring (bicyclic) bond motifs is 1. The first-order valence-electron chi connectivity index (χ1n) is 10.1. The second-order valence-corrected chi connectivity index (χ2v) is 9.99. The highest BCUT2D eigenvalue weighted by atomic mass is 32.2. The Bertz CT molecular complexity index is 1090. The summed E-state index contributed by atoms with van der Waals surface area (Å²) in [6.07, 6.45) is 3.71. The Morgan fingerprint density at radius 3 is 2.76 bits per heavy atom. The summed E-state index contributed by atoms with van der Waals surface area (Å²) < 4.78 is 8.92. The molecule has 0 saturated carbocycles. The summed E-state index contributed by atoms with van der Waals surface area (Å²) in [6.45, 7) is 1.14. The molecule has 3 amide bonds. The lowest BCUT2D eigenvalue weighted by molar-refractivity contribution is -0.169. The lowest BCUT2D eigenvalue weighted by atomic mass is 9.94. The summed E-state index contributed by atoms with van der Waals surface area (Å²) in [7, 11) is 0. The number of oxime groups is 1. The molecule has 1 aromatic heterocycles. The van der Waals surface area contributed by atoms with E-state index in [1.54, 1.807) is 6.92 Å². The fourth-order valence-electron chi connectivity index (χ4n) is 3.80. The van der Waals surface area contributed by atoms with Crippen molar-refractivity contribution in [1.82, 2.24) is 19.6 Å². The number of amides is 3. The van der Waals surface area contributed by atoms with E-state index in [4.69, 9.17) is 21.0 Å². The maximum absolute atomic E-state index is 13.0. The Balaban J connectivity index is 1.50. The molecule has 6 N–H and O–H groups in total. The van der Waals surface area contributed by atoms with Crippen LogP contribution < -0.4 is 16.8 Å². The minimum Gasteiger partial charge on any atom is -0.478 e. The van der Waals surface area contributed by atoms with Crippen LogP contribution in [0.4, 0.5) is 9.93 Å². The number of carboxylic acids is 1. The summed E-state index contributed by atoms with van der Waals surface area (Å²) in [6, 6.07) is -0.979. The van der Waals surface area contributed by atoms with Gasteiger partial charge in [0.1, 0.15) is 17.5 Å². The van der Waals surface area contributed by atoms with Gasteiger partial charge in [0.05, 0.1) is 11.8 Å². The van der Waals surface area contributed by atoms with E-state index in [9.17, 15) is 24.3 Å². The second kappa shape index (κ2) is 9.09. The van der Waals surface area contributed by atoms with Gasteiger partial charge in [0.2, 0.25) is 23.0 Å². The SMILES string of the molecule is CC1S[C@@H]2C(NC(=O)C(=NOC3C=CCC3)c3nsc(N)n3)C(=O)N2CC1(OC(N)=O)C(=O)O. The van der Waals surface area contributed by atoms with E-state index in [0.717, 1.165) is 29.7 Å². The zero-order valence-electron chi connectivity index (χ0n) is 17.7. The smallest absolute Gasteiger partial charge is 0.405 e. The van der Waals surface area contributed by atoms with Crippen LogP contribution in [0.3, 0.4) is 0 Å². The van der Waals surface area contributed by atoms with Crippen LogP contribution in [-0.4, -0.2) is 83.9 Å². The van der Waals surface area contributed by atoms with Crippen molar-refractivity contribution in [2.24, 2.45) is 10.9 Å². The van der Waals surface area contributed by atoms with E-state index in [-0.39, 0.29) is 22.8 Å². The number of aromatic nitrogens is 2. The molecule has 14 nitrogen and oxygen atoms in total. The van der Waals surface area contributed by atoms with Crippen LogP contribution >= 0.6 is 23.3 Å². The number of anilines is 1. The van der Waals surface area contributed by atoms with Gasteiger partial charge in [-0.05, 0) is 25.8 Å². The number of allylic oxidation sites excluding steroid dienone is 1. The van der Waals surface area contributed by atoms with E-state index in [2.05, 4.69) is 19.8 Å². The van der Waals surface area contributed by atoms with Gasteiger partial charge in [-0.1, -0.05) is 11.2 Å². The molecule has 2 aliphatic heterocycles. The number of ether oxygens (including phenoxy) is 1. The number of β-lactam (4-membered cyclic amide) rings is 1. The number of hydrogen-bond donors (Lipinski definition) is 4. The Hall–Kier alpha value is -3.40. The van der Waals surface area contributed by atoms with Gasteiger partial charge in [-0.3, -0.25) is 9.59 Å². The molecule has 0 bridgehead atoms. The van der Waals surface area contributed by atoms with Crippen LogP contribution in [0.25, 0.3) is 0 Å². The molecular weight excluding hydrogens is 490 g/mol. The van der Waals surface area contributed by atoms with Crippen molar-refractivity contribution in [2.75, 3.05) is 12.3 Å². The van der Waals surface area contributed by atoms with Crippen molar-refractivity contribution in [3.63, 3.8) is 0 Å². The van der Waals surface area contributed by atoms with E-state index < -0.39 is 52.7 Å². The number of aliphatic carboxylic acids is 1. The Morgan fingerprint density at radius 1 is 1.41 bits per heavy atom. The summed E-state index contributed by atoms with van der Waals surface area (Å²) >= 11 is 1.93. The van der Waals surface area contributed by atoms with Gasteiger partial charge in [0.15, 0.2) is 5.13 Å². The molecule has 0 radical (unpaired) electrons. The number of rotatable bonds is 7. The van der Waals surface area contributed by atoms with Crippen molar-refractivity contribution >= 4 is 58.0 Å². The first-order chi connectivity index (χ1) is 16.1. The fourth-order valence-corrected chi connectivity index (χ4v) is 5.76. The lowest BCUT2D eigenvalue weighted by Gasteiger charge is -2.55. The molecule has 3 heterocycles. The van der Waals surface area contributed by atoms with Gasteiger partial charge in [-0.15, -0.1) is 11.8 Å². The summed E-state index contributed by atoms with van der Waals surface area (Å²) in [4.78, 5) is 59.6. The number of nitrogens with one attached hydrogen (secondary N) is 1. The van der Waals surface area contributed by atoms with Crippen LogP contribution in [0.1, 0.15) is 25.6 Å². The number of hydrogen-bond acceptors (Lipinski definition) is 12. The highest BCUT2D eigenvalue weighted by Crippen LogP contribution is 2.44. The molecule has 2 saturated heterocycles. The summed E-state index contributed by atoms with van der Waals surface area (Å²) in [5, 5.41) is 14.9. The molecule has 34 heavy (non-hydrogen) atoms. The molecule has 182 valence electrons. The Labute approximate surface area is 200 Å². The van der Waals surface area contributed by atoms with Crippen LogP contribution in [0.15, 0.2) is 17.3 Å². The Kier molecular flexibility index (Phi) is 6.35. The number of nitrogens with zero attached hydrogens (tertiary/aromatic N) is 4. The predicted molar refractivity (Wildman–Crippen MR) is 120 cm³/mol. The van der Waals surface area contributed by atoms with E-state index in [1.165, 1.54) is 4.90 Å². The number of carbonyl (C=O) groups is 4. The van der Waals surface area contributed by atoms with E-state index in [0.29, 0.717) is 6.42 Å². The standard InChI is InChI=1S/C18H21N7O7S2/c1-7-18(15(28)29,31-17(20)30)6-25-13(27)10(14(25)33-7)21-12(26)9(11-22-16(19)34-24-11)23-32-8-4-2-3-5-8/h2,4,7-8,10,14H,3,5-6H2,1H3,(H2,20,30)(H,21,26)(H,28,29)(H2,19,22,24)/t7?,8?,10?,14-,18?/m1/s1. The molecule has 3 aliphatic rings. The zero-order chi connectivity index (χ0) is 24.6. The molecule has 4 unspecified atom stereocenters. The van der Waals surface area contributed by atoms with Gasteiger partial charge in [-0.2, -0.15) is 9.36 Å². The number of carbonyl (C=O) groups excluding carboxylic acids is 3. The Morgan fingerprint density at radius 2 is 2.18 bits per heavy atom. The maximum atomic E-state index is 13.0. The first kappa shape index (κ1) is 23.7. The number of carboxylic acid groups (broad SMARTS) is 1. The third-order valence-corrected chi connectivity index (χ3v) is 7.73. The van der Waals surface area contributed by atoms with Gasteiger partial charge >= 0.3 is 12.1 Å². The highest BCUT2D eigenvalue weighted by molar-refractivity contribution is 8.00. The number of nitrogens with two attached hydrogens (primary N) is 2. The minimum atomic E-state index is -2.01. The molecule has 5 atom stereocenters. The second-order valence-electron chi connectivity index (χ2n) is 7.75. The van der Waals surface area contributed by atoms with E-state index in [1.807, 2.05) is 12.2 Å². The fraction of sp³-hybridized carbons (Fsp3) is 0.500. The molecule has 2 fully saturated rings. The molecule has 16 heteroatoms. The predicted octanol–water partition coefficient (Wildman–Crippen LogP) is -0.733. The quantitative estimate of drug-likeness (QED) is 0.155. The van der Waals surface area contributed by atoms with Gasteiger partial charge in [0.25, 0.3) is 5.91 Å². The first-order valence-corrected chi connectivity index (χ1v) is 11.8. The van der Waals surface area contributed by atoms with Crippen LogP contribution in [0.5, 0.6) is 0 Å². The van der Waals surface area contributed by atoms with Crippen molar-refractivity contribution in [3.8, 4) is 0 Å². The molecule has 1 aliphatic carbocycles. The van der Waals surface area contributed by atoms with E-state index >= 15 is 0 Å². The summed E-state index contributed by atoms with van der Waals surface area (Å²) in [5.74, 6) is -2.78. The van der Waals surface area contributed by atoms with Crippen molar-refractivity contribution in [3.05, 3.63) is 18.0 Å². The van der Waals surface area contributed by atoms with Crippen molar-refractivity contribution in [1.29, 1.82) is 0 Å². The zero-order valence-corrected chi connectivity index (χ0v) is 19.4. The largest absolute Gasteiger partial charge is 0.478 e. The monoisotopic (exact) mass is 511 g/mol. The van der Waals surface area contributed by atoms with Crippen molar-refractivity contribution < 1.29 is 33.9 Å². The number of thioether (sulfide) groups is 1. The third kappa shape index (κ3) is 4.25. The number of primary amides is 1. The molecule has 0 spiro atoms. The van der Waals surface area contributed by atoms with Gasteiger partial charge < -0.3 is 36.4 Å². The highest BCUT2D eigenvalue weighted by Gasteiger charge is 2.62. The third-order valence-electron chi connectivity index (χ3n) is 5.59. The summed E-state index contributed by atoms with van der Waals surface area (Å²) in [5.41, 5.74) is 8.44. The van der Waals surface area contributed by atoms with Crippen molar-refractivity contribution in [2.45, 2.75) is 48.1 Å². The van der Waals surface area contributed by atoms with Gasteiger partial charge in [0, 0.05) is 11.5 Å². The molecule has 0 aromatic carbocycles. The molecule has 1 aromatic rings. The van der Waals surface area contributed by atoms with Gasteiger partial charge in [-0.25, -0.2) is 9.59 Å². The number of nitrogen functional groups attached to an aromatic ring is 1. The average Bonchev–Trinajstić information content (AvgIpc) is 3.45. The molecular formula is C18H21N7O7S2. The van der Waals surface area contributed by atoms with Crippen LogP contribution in [0.2, 0.25) is 0 Å².